The lowest BCUT2D eigenvalue weighted by Crippen LogP contribution is -2.29. The van der Waals surface area contributed by atoms with E-state index in [1.165, 1.54) is 11.1 Å². The maximum Gasteiger partial charge on any atom is 0.122 e. The third kappa shape index (κ3) is 6.41. The molecule has 2 aromatic carbocycles. The summed E-state index contributed by atoms with van der Waals surface area (Å²) in [6.07, 6.45) is 5.23. The van der Waals surface area contributed by atoms with Gasteiger partial charge in [-0.3, -0.25) is 4.98 Å². The van der Waals surface area contributed by atoms with Gasteiger partial charge in [-0.1, -0.05) is 42.5 Å². The molecule has 0 fully saturated rings. The molecular formula is C25H30N2O2. The summed E-state index contributed by atoms with van der Waals surface area (Å²) in [4.78, 5) is 4.11. The molecule has 152 valence electrons. The summed E-state index contributed by atoms with van der Waals surface area (Å²) in [7, 11) is 1.97. The maximum atomic E-state index is 10.4. The molecule has 29 heavy (non-hydrogen) atoms. The molecule has 0 radical (unpaired) electrons. The van der Waals surface area contributed by atoms with Crippen molar-refractivity contribution in [3.8, 4) is 16.9 Å². The lowest BCUT2D eigenvalue weighted by atomic mass is 10.0. The standard InChI is InChI=1S/C25H30N2O2/c1-19(25(28)13-8-21-6-4-15-27-18-21)29-24-11-9-22(10-12-24)23-7-3-5-20(17-23)14-16-26-2/h3-7,9-12,15,17-19,25-26,28H,8,13-14,16H2,1-2H3. The van der Waals surface area contributed by atoms with E-state index in [0.29, 0.717) is 6.42 Å². The molecule has 0 saturated heterocycles. The minimum atomic E-state index is -0.529. The summed E-state index contributed by atoms with van der Waals surface area (Å²) in [5.74, 6) is 0.771. The van der Waals surface area contributed by atoms with Crippen molar-refractivity contribution in [2.24, 2.45) is 0 Å². The molecule has 3 aromatic rings. The Morgan fingerprint density at radius 1 is 0.966 bits per heavy atom. The largest absolute Gasteiger partial charge is 0.488 e. The molecule has 4 nitrogen and oxygen atoms in total. The Kier molecular flexibility index (Phi) is 7.79. The number of aromatic nitrogens is 1. The Labute approximate surface area is 173 Å². The first kappa shape index (κ1) is 21.0. The van der Waals surface area contributed by atoms with Gasteiger partial charge >= 0.3 is 0 Å². The Morgan fingerprint density at radius 3 is 2.48 bits per heavy atom. The average Bonchev–Trinajstić information content (AvgIpc) is 2.77. The zero-order valence-electron chi connectivity index (χ0n) is 17.2. The summed E-state index contributed by atoms with van der Waals surface area (Å²) in [5, 5.41) is 13.6. The molecule has 1 aromatic heterocycles. The Morgan fingerprint density at radius 2 is 1.76 bits per heavy atom. The first-order valence-corrected chi connectivity index (χ1v) is 10.2. The van der Waals surface area contributed by atoms with E-state index in [4.69, 9.17) is 4.74 Å². The van der Waals surface area contributed by atoms with Gasteiger partial charge in [-0.15, -0.1) is 0 Å². The lowest BCUT2D eigenvalue weighted by molar-refractivity contribution is 0.0420. The monoisotopic (exact) mass is 390 g/mol. The lowest BCUT2D eigenvalue weighted by Gasteiger charge is -2.20. The van der Waals surface area contributed by atoms with Crippen molar-refractivity contribution in [1.82, 2.24) is 10.3 Å². The molecule has 0 aliphatic rings. The highest BCUT2D eigenvalue weighted by atomic mass is 16.5. The van der Waals surface area contributed by atoms with Crippen LogP contribution in [0.15, 0.2) is 73.1 Å². The van der Waals surface area contributed by atoms with Gasteiger partial charge in [0.1, 0.15) is 11.9 Å². The number of benzene rings is 2. The third-order valence-corrected chi connectivity index (χ3v) is 5.09. The van der Waals surface area contributed by atoms with E-state index in [0.717, 1.165) is 36.3 Å². The molecule has 0 aliphatic carbocycles. The number of nitrogens with zero attached hydrogens (tertiary/aromatic N) is 1. The van der Waals surface area contributed by atoms with Crippen LogP contribution in [0.1, 0.15) is 24.5 Å². The van der Waals surface area contributed by atoms with Crippen LogP contribution < -0.4 is 10.1 Å². The molecule has 0 spiro atoms. The SMILES string of the molecule is CNCCc1cccc(-c2ccc(OC(C)C(O)CCc3cccnc3)cc2)c1. The first-order chi connectivity index (χ1) is 14.2. The van der Waals surface area contributed by atoms with Crippen LogP contribution in [0.3, 0.4) is 0 Å². The van der Waals surface area contributed by atoms with Gasteiger partial charge in [0.25, 0.3) is 0 Å². The second kappa shape index (κ2) is 10.7. The van der Waals surface area contributed by atoms with Crippen LogP contribution in [-0.2, 0) is 12.8 Å². The van der Waals surface area contributed by atoms with Crippen LogP contribution in [0.5, 0.6) is 5.75 Å². The summed E-state index contributed by atoms with van der Waals surface area (Å²) in [5.41, 5.74) is 4.81. The van der Waals surface area contributed by atoms with Crippen LogP contribution in [0.25, 0.3) is 11.1 Å². The summed E-state index contributed by atoms with van der Waals surface area (Å²) < 4.78 is 5.96. The number of rotatable bonds is 10. The van der Waals surface area contributed by atoms with Crippen LogP contribution >= 0.6 is 0 Å². The molecular weight excluding hydrogens is 360 g/mol. The van der Waals surface area contributed by atoms with Gasteiger partial charge in [0, 0.05) is 12.4 Å². The normalized spacial score (nSPS) is 13.1. The number of nitrogens with one attached hydrogen (secondary N) is 1. The highest BCUT2D eigenvalue weighted by Gasteiger charge is 2.16. The summed E-state index contributed by atoms with van der Waals surface area (Å²) in [6, 6.07) is 20.7. The fourth-order valence-corrected chi connectivity index (χ4v) is 3.29. The molecule has 0 saturated carbocycles. The van der Waals surface area contributed by atoms with E-state index in [1.54, 1.807) is 6.20 Å². The van der Waals surface area contributed by atoms with Crippen molar-refractivity contribution in [2.45, 2.75) is 38.4 Å². The van der Waals surface area contributed by atoms with Crippen molar-refractivity contribution >= 4 is 0 Å². The number of hydrogen-bond acceptors (Lipinski definition) is 4. The molecule has 3 rings (SSSR count). The van der Waals surface area contributed by atoms with Crippen LogP contribution in [0.4, 0.5) is 0 Å². The predicted molar refractivity (Wildman–Crippen MR) is 118 cm³/mol. The number of ether oxygens (including phenoxy) is 1. The number of pyridine rings is 1. The minimum Gasteiger partial charge on any atom is -0.488 e. The quantitative estimate of drug-likeness (QED) is 0.543. The molecule has 0 amide bonds. The summed E-state index contributed by atoms with van der Waals surface area (Å²) >= 11 is 0. The van der Waals surface area contributed by atoms with Gasteiger partial charge in [0.15, 0.2) is 0 Å². The third-order valence-electron chi connectivity index (χ3n) is 5.09. The fourth-order valence-electron chi connectivity index (χ4n) is 3.29. The second-order valence-corrected chi connectivity index (χ2v) is 7.37. The van der Waals surface area contributed by atoms with E-state index in [2.05, 4.69) is 46.7 Å². The van der Waals surface area contributed by atoms with Gasteiger partial charge in [-0.2, -0.15) is 0 Å². The van der Waals surface area contributed by atoms with E-state index >= 15 is 0 Å². The van der Waals surface area contributed by atoms with Gasteiger partial charge in [-0.05, 0) is 80.2 Å². The van der Waals surface area contributed by atoms with E-state index in [1.807, 2.05) is 44.4 Å². The van der Waals surface area contributed by atoms with Crippen molar-refractivity contribution in [1.29, 1.82) is 0 Å². The van der Waals surface area contributed by atoms with Gasteiger partial charge in [-0.25, -0.2) is 0 Å². The number of hydrogen-bond donors (Lipinski definition) is 2. The van der Waals surface area contributed by atoms with Crippen molar-refractivity contribution in [2.75, 3.05) is 13.6 Å². The zero-order valence-corrected chi connectivity index (χ0v) is 17.2. The van der Waals surface area contributed by atoms with E-state index < -0.39 is 6.10 Å². The second-order valence-electron chi connectivity index (χ2n) is 7.37. The molecule has 4 heteroatoms. The average molecular weight is 391 g/mol. The number of aliphatic hydroxyl groups excluding tert-OH is 1. The van der Waals surface area contributed by atoms with Gasteiger partial charge < -0.3 is 15.2 Å². The molecule has 2 atom stereocenters. The molecule has 1 heterocycles. The smallest absolute Gasteiger partial charge is 0.122 e. The fraction of sp³-hybridized carbons (Fsp3) is 0.320. The molecule has 0 bridgehead atoms. The van der Waals surface area contributed by atoms with Crippen molar-refractivity contribution in [3.63, 3.8) is 0 Å². The first-order valence-electron chi connectivity index (χ1n) is 10.2. The summed E-state index contributed by atoms with van der Waals surface area (Å²) in [6.45, 7) is 2.88. The van der Waals surface area contributed by atoms with Gasteiger partial charge in [0.05, 0.1) is 6.10 Å². The predicted octanol–water partition coefficient (Wildman–Crippen LogP) is 4.27. The number of aryl methyl sites for hydroxylation is 1. The van der Waals surface area contributed by atoms with Crippen molar-refractivity contribution < 1.29 is 9.84 Å². The Bertz CT molecular complexity index is 866. The number of likely N-dealkylation sites (N-methyl/N-ethyl adjacent to an activating group) is 1. The number of aliphatic hydroxyl groups is 1. The highest BCUT2D eigenvalue weighted by molar-refractivity contribution is 5.64. The van der Waals surface area contributed by atoms with E-state index in [-0.39, 0.29) is 6.10 Å². The van der Waals surface area contributed by atoms with Crippen LogP contribution in [-0.4, -0.2) is 35.9 Å². The molecule has 2 unspecified atom stereocenters. The minimum absolute atomic E-state index is 0.276. The van der Waals surface area contributed by atoms with Crippen LogP contribution in [0, 0.1) is 0 Å². The topological polar surface area (TPSA) is 54.4 Å². The highest BCUT2D eigenvalue weighted by Crippen LogP contribution is 2.24. The van der Waals surface area contributed by atoms with Gasteiger partial charge in [0.2, 0.25) is 0 Å². The molecule has 0 aliphatic heterocycles. The Balaban J connectivity index is 1.55. The Hall–Kier alpha value is -2.69. The maximum absolute atomic E-state index is 10.4. The molecule has 2 N–H and O–H groups in total. The van der Waals surface area contributed by atoms with E-state index in [9.17, 15) is 5.11 Å². The van der Waals surface area contributed by atoms with Crippen molar-refractivity contribution in [3.05, 3.63) is 84.2 Å². The zero-order chi connectivity index (χ0) is 20.5. The van der Waals surface area contributed by atoms with Crippen LogP contribution in [0.2, 0.25) is 0 Å².